The maximum absolute atomic E-state index is 14.4. The van der Waals surface area contributed by atoms with Crippen molar-refractivity contribution in [2.24, 2.45) is 23.7 Å². The number of fused-ring (bicyclic) bond motifs is 1. The van der Waals surface area contributed by atoms with E-state index in [1.54, 1.807) is 26.0 Å². The monoisotopic (exact) mass is 399 g/mol. The van der Waals surface area contributed by atoms with E-state index in [2.05, 4.69) is 20.9 Å². The van der Waals surface area contributed by atoms with E-state index in [0.29, 0.717) is 5.69 Å². The molecular formula is C18H20BrF2NO2. The number of hydrogen-bond donors (Lipinski definition) is 0. The molecule has 0 unspecified atom stereocenters. The number of pyridine rings is 1. The number of hydrogen-bond acceptors (Lipinski definition) is 3. The molecule has 3 nitrogen and oxygen atoms in total. The van der Waals surface area contributed by atoms with E-state index in [4.69, 9.17) is 4.74 Å². The summed E-state index contributed by atoms with van der Waals surface area (Å²) >= 11 is 3.39. The number of carbonyl (C=O) groups excluding carboxylic acids is 1. The van der Waals surface area contributed by atoms with Crippen LogP contribution in [0.3, 0.4) is 0 Å². The number of nitrogens with zero attached hydrogens (tertiary/aromatic N) is 1. The van der Waals surface area contributed by atoms with E-state index in [0.717, 1.165) is 10.2 Å². The maximum atomic E-state index is 14.4. The fourth-order valence-corrected chi connectivity index (χ4v) is 4.11. The molecule has 0 spiro atoms. The molecule has 1 saturated heterocycles. The number of alkyl halides is 2. The average molecular weight is 400 g/mol. The molecular weight excluding hydrogens is 380 g/mol. The Hall–Kier alpha value is -1.30. The zero-order valence-electron chi connectivity index (χ0n) is 13.8. The smallest absolute Gasteiger partial charge is 0.309 e. The first-order valence-electron chi connectivity index (χ1n) is 8.10. The summed E-state index contributed by atoms with van der Waals surface area (Å²) in [5.74, 6) is -5.56. The molecule has 6 heteroatoms. The first-order chi connectivity index (χ1) is 11.2. The lowest BCUT2D eigenvalue weighted by molar-refractivity contribution is -0.152. The van der Waals surface area contributed by atoms with E-state index in [-0.39, 0.29) is 12.0 Å². The van der Waals surface area contributed by atoms with E-state index >= 15 is 0 Å². The molecule has 0 N–H and O–H groups in total. The van der Waals surface area contributed by atoms with Crippen LogP contribution in [0, 0.1) is 30.6 Å². The normalized spacial score (nSPS) is 35.1. The largest absolute Gasteiger partial charge is 0.462 e. The summed E-state index contributed by atoms with van der Waals surface area (Å²) in [6.07, 6.45) is 2.80. The highest BCUT2D eigenvalue weighted by Crippen LogP contribution is 2.52. The number of aryl methyl sites for hydroxylation is 1. The Morgan fingerprint density at radius 1 is 1.38 bits per heavy atom. The average Bonchev–Trinajstić information content (AvgIpc) is 2.77. The quantitative estimate of drug-likeness (QED) is 0.680. The number of carbonyl (C=O) groups is 1. The molecule has 1 aromatic rings. The van der Waals surface area contributed by atoms with Gasteiger partial charge in [0.2, 0.25) is 0 Å². The van der Waals surface area contributed by atoms with E-state index in [9.17, 15) is 13.6 Å². The minimum atomic E-state index is -2.87. The zero-order chi connectivity index (χ0) is 17.6. The molecule has 5 atom stereocenters. The van der Waals surface area contributed by atoms with Gasteiger partial charge in [-0.15, -0.1) is 0 Å². The summed E-state index contributed by atoms with van der Waals surface area (Å²) in [5, 5.41) is 0. The van der Waals surface area contributed by atoms with Crippen molar-refractivity contribution in [1.29, 1.82) is 0 Å². The molecule has 1 saturated carbocycles. The molecule has 2 aliphatic rings. The molecule has 24 heavy (non-hydrogen) atoms. The summed E-state index contributed by atoms with van der Waals surface area (Å²) in [6.45, 7) is 5.23. The van der Waals surface area contributed by atoms with Crippen LogP contribution in [-0.2, 0) is 9.53 Å². The van der Waals surface area contributed by atoms with Crippen molar-refractivity contribution in [3.05, 3.63) is 34.1 Å². The van der Waals surface area contributed by atoms with Crippen LogP contribution in [-0.4, -0.2) is 23.0 Å². The molecule has 0 aromatic carbocycles. The van der Waals surface area contributed by atoms with Crippen LogP contribution in [0.4, 0.5) is 8.78 Å². The second kappa shape index (κ2) is 6.21. The van der Waals surface area contributed by atoms with Gasteiger partial charge in [-0.3, -0.25) is 9.78 Å². The number of rotatable bonds is 2. The van der Waals surface area contributed by atoms with Crippen LogP contribution in [0.5, 0.6) is 0 Å². The van der Waals surface area contributed by atoms with Gasteiger partial charge in [0.15, 0.2) is 0 Å². The van der Waals surface area contributed by atoms with Crippen LogP contribution < -0.4 is 0 Å². The number of allylic oxidation sites excluding steroid dienone is 1. The molecule has 0 bridgehead atoms. The van der Waals surface area contributed by atoms with Crippen molar-refractivity contribution < 1.29 is 18.3 Å². The summed E-state index contributed by atoms with van der Waals surface area (Å²) in [4.78, 5) is 16.3. The molecule has 130 valence electrons. The van der Waals surface area contributed by atoms with Gasteiger partial charge in [-0.2, -0.15) is 0 Å². The number of halogens is 3. The van der Waals surface area contributed by atoms with Crippen LogP contribution in [0.15, 0.2) is 22.7 Å². The Morgan fingerprint density at radius 2 is 2.08 bits per heavy atom. The summed E-state index contributed by atoms with van der Waals surface area (Å²) in [6, 6.07) is 3.71. The molecule has 3 rings (SSSR count). The molecule has 0 amide bonds. The lowest BCUT2D eigenvalue weighted by Gasteiger charge is -2.41. The summed E-state index contributed by atoms with van der Waals surface area (Å²) in [7, 11) is 0. The number of esters is 1. The van der Waals surface area contributed by atoms with Crippen molar-refractivity contribution in [1.82, 2.24) is 4.98 Å². The molecule has 0 radical (unpaired) electrons. The van der Waals surface area contributed by atoms with Crippen molar-refractivity contribution in [2.45, 2.75) is 39.2 Å². The highest BCUT2D eigenvalue weighted by atomic mass is 79.9. The van der Waals surface area contributed by atoms with Gasteiger partial charge in [0.1, 0.15) is 6.10 Å². The Morgan fingerprint density at radius 3 is 2.75 bits per heavy atom. The third-order valence-electron chi connectivity index (χ3n) is 5.32. The second-order valence-electron chi connectivity index (χ2n) is 6.82. The second-order valence-corrected chi connectivity index (χ2v) is 7.67. The lowest BCUT2D eigenvalue weighted by Crippen LogP contribution is -2.46. The molecule has 1 aliphatic carbocycles. The Labute approximate surface area is 148 Å². The van der Waals surface area contributed by atoms with Crippen LogP contribution in [0.1, 0.15) is 31.7 Å². The SMILES string of the molecule is Cc1nc(/C=C/[C@@H]2[C@@H]3[C@@H](C)OC(=O)[C@@H]3CC(F)(F)[C@H]2C)ccc1Br. The van der Waals surface area contributed by atoms with Gasteiger partial charge >= 0.3 is 5.97 Å². The molecule has 2 heterocycles. The predicted octanol–water partition coefficient (Wildman–Crippen LogP) is 4.63. The molecule has 1 aromatic heterocycles. The Kier molecular flexibility index (Phi) is 4.53. The highest BCUT2D eigenvalue weighted by molar-refractivity contribution is 9.10. The van der Waals surface area contributed by atoms with Crippen molar-refractivity contribution >= 4 is 28.0 Å². The van der Waals surface area contributed by atoms with Gasteiger partial charge in [0, 0.05) is 22.7 Å². The zero-order valence-corrected chi connectivity index (χ0v) is 15.4. The van der Waals surface area contributed by atoms with Gasteiger partial charge in [0.05, 0.1) is 17.3 Å². The van der Waals surface area contributed by atoms with Crippen molar-refractivity contribution in [3.8, 4) is 0 Å². The first-order valence-corrected chi connectivity index (χ1v) is 8.89. The Bertz CT molecular complexity index is 692. The van der Waals surface area contributed by atoms with Gasteiger partial charge in [-0.05, 0) is 53.9 Å². The number of cyclic esters (lactones) is 1. The topological polar surface area (TPSA) is 39.2 Å². The predicted molar refractivity (Wildman–Crippen MR) is 90.5 cm³/mol. The minimum Gasteiger partial charge on any atom is -0.462 e. The van der Waals surface area contributed by atoms with Crippen LogP contribution in [0.2, 0.25) is 0 Å². The van der Waals surface area contributed by atoms with E-state index < -0.39 is 36.1 Å². The highest BCUT2D eigenvalue weighted by Gasteiger charge is 2.59. The molecule has 2 fully saturated rings. The fourth-order valence-electron chi connectivity index (χ4n) is 3.89. The molecule has 1 aliphatic heterocycles. The number of ether oxygens (including phenoxy) is 1. The van der Waals surface area contributed by atoms with E-state index in [1.807, 2.05) is 19.1 Å². The minimum absolute atomic E-state index is 0.208. The maximum Gasteiger partial charge on any atom is 0.309 e. The standard InChI is InChI=1S/C18H20BrF2NO2/c1-9-13(6-4-12-5-7-15(19)10(2)22-12)16-11(3)24-17(23)14(16)8-18(9,20)21/h4-7,9,11,13-14,16H,8H2,1-3H3/b6-4+/t9-,11+,13-,14+,16-/m0/s1. The third kappa shape index (κ3) is 3.01. The Balaban J connectivity index is 1.92. The number of aromatic nitrogens is 1. The van der Waals surface area contributed by atoms with Gasteiger partial charge in [-0.1, -0.05) is 13.0 Å². The first kappa shape index (κ1) is 17.5. The van der Waals surface area contributed by atoms with Gasteiger partial charge in [-0.25, -0.2) is 8.78 Å². The summed E-state index contributed by atoms with van der Waals surface area (Å²) in [5.41, 5.74) is 1.55. The fraction of sp³-hybridized carbons (Fsp3) is 0.556. The van der Waals surface area contributed by atoms with E-state index in [1.165, 1.54) is 0 Å². The van der Waals surface area contributed by atoms with Crippen molar-refractivity contribution in [3.63, 3.8) is 0 Å². The van der Waals surface area contributed by atoms with Gasteiger partial charge in [0.25, 0.3) is 5.92 Å². The van der Waals surface area contributed by atoms with Crippen LogP contribution >= 0.6 is 15.9 Å². The third-order valence-corrected chi connectivity index (χ3v) is 6.16. The lowest BCUT2D eigenvalue weighted by atomic mass is 9.64. The summed E-state index contributed by atoms with van der Waals surface area (Å²) < 4.78 is 34.9. The van der Waals surface area contributed by atoms with Crippen molar-refractivity contribution in [2.75, 3.05) is 0 Å². The van der Waals surface area contributed by atoms with Crippen LogP contribution in [0.25, 0.3) is 6.08 Å². The van der Waals surface area contributed by atoms with Gasteiger partial charge < -0.3 is 4.74 Å².